The van der Waals surface area contributed by atoms with Crippen molar-refractivity contribution in [1.29, 1.82) is 0 Å². The molecule has 0 aromatic rings. The molecule has 0 radical (unpaired) electrons. The van der Waals surface area contributed by atoms with Crippen LogP contribution < -0.4 is 16.0 Å². The van der Waals surface area contributed by atoms with Gasteiger partial charge in [-0.15, -0.1) is 0 Å². The van der Waals surface area contributed by atoms with E-state index in [1.54, 1.807) is 0 Å². The van der Waals surface area contributed by atoms with Gasteiger partial charge in [0, 0.05) is 20.8 Å². The maximum atomic E-state index is 13.1. The SMILES string of the molecule is CC(=O)N[C@H]1[C@H](O[C@H]2[C@H](O)[C@@H](O)[C@H](O)O[C@@H]2C(=O)O)O[C@H](CO)[C@H](OS(=O)(=O)O)[C@@H]1O[C@@H]1O[C@H](C(=O)O)[C@@H](O[C@@H]2O[C@H](CO)[C@H](OS(=O)(=O)O)[C@H](O[C@@H]3O[C@H](C(=O)O)[C@@H](O[C@@H]4O[C@H](CO)[C@H](OS(=O)(=O)O)[CH-][C@H]4NC(C)=O)[C@H](O)[C@H]3O)[C@H]2NC(C)=O)[C@H](O)[C@H]1O. The molecule has 29 atom stereocenters. The van der Waals surface area contributed by atoms with E-state index < -0.39 is 265 Å². The Kier molecular flexibility index (Phi) is 25.2. The number of rotatable bonds is 25. The molecule has 6 heterocycles. The first-order valence-corrected chi connectivity index (χ1v) is 29.9. The Balaban J connectivity index is 1.34. The summed E-state index contributed by atoms with van der Waals surface area (Å²) in [6, 6.07) is -6.35. The quantitative estimate of drug-likeness (QED) is 0.0298. The number of carboxylic acid groups (broad SMARTS) is 3. The van der Waals surface area contributed by atoms with Gasteiger partial charge in [0.15, 0.2) is 56.1 Å². The van der Waals surface area contributed by atoms with Gasteiger partial charge < -0.3 is 134 Å². The molecule has 6 rings (SSSR count). The average molecular weight is 1380 g/mol. The second-order valence-corrected chi connectivity index (χ2v) is 23.4. The summed E-state index contributed by atoms with van der Waals surface area (Å²) in [5.41, 5.74) is 0. The standard InChI is InChI=1S/C42H64N3O42S3/c1-8(49)43-11-4-12(85-88(65,66)67)13(5-46)74-38(11)80-29-19(53)22(56)41(83-32(29)35(60)61)78-27-17(45-10(3)51)40(76-15(7-48)25(27)87-90(71,72)73)82-30-20(54)23(57)42(84-33(30)36(62)63)79-26-16(44-9(2)50)39(75-14(6-47)24(26)86-89(68,69)70)81-28-18(52)21(55)37(64)77-31(28)34(58)59/h4,11-33,37-42,46-48,52-57,64H,5-7H2,1-3H3,(H,43,49)(H,44,50)(H,45,51)(H,58,59)(H,60,61)(H,62,63)(H,65,66,67)(H,68,69,70)(H,71,72,73)/q-1/t11-,12-,13-,14-,15-,16-,17-,18-,19-,20-,21-,22-,23-,24+,25+,26-,27-,28+,29+,30+,31+,32+,33+,37-,38+,39+,40+,41-,42-/m1/s1. The number of nitrogens with one attached hydrogen (secondary N) is 3. The first-order chi connectivity index (χ1) is 41.7. The zero-order valence-electron chi connectivity index (χ0n) is 45.9. The van der Waals surface area contributed by atoms with Crippen molar-refractivity contribution in [3.63, 3.8) is 0 Å². The summed E-state index contributed by atoms with van der Waals surface area (Å²) < 4.78 is 176. The van der Waals surface area contributed by atoms with Crippen molar-refractivity contribution in [2.45, 2.75) is 199 Å². The number of amides is 3. The number of hydrogen-bond acceptors (Lipinski definition) is 36. The van der Waals surface area contributed by atoms with Crippen molar-refractivity contribution in [2.75, 3.05) is 19.8 Å². The fourth-order valence-corrected chi connectivity index (χ4v) is 11.6. The predicted octanol–water partition coefficient (Wildman–Crippen LogP) is -13.1. The van der Waals surface area contributed by atoms with Crippen LogP contribution in [0.2, 0.25) is 0 Å². The van der Waals surface area contributed by atoms with Crippen LogP contribution in [0.1, 0.15) is 20.8 Å². The molecule has 6 saturated heterocycles. The van der Waals surface area contributed by atoms with Crippen LogP contribution in [0.3, 0.4) is 0 Å². The maximum Gasteiger partial charge on any atom is 0.397 e. The number of carbonyl (C=O) groups is 6. The van der Waals surface area contributed by atoms with Crippen LogP contribution in [0.5, 0.6) is 0 Å². The lowest BCUT2D eigenvalue weighted by atomic mass is 9.93. The molecule has 45 nitrogen and oxygen atoms in total. The van der Waals surface area contributed by atoms with Gasteiger partial charge in [0.1, 0.15) is 104 Å². The summed E-state index contributed by atoms with van der Waals surface area (Å²) in [6.07, 6.45) is -63.2. The second kappa shape index (κ2) is 30.3. The van der Waals surface area contributed by atoms with Gasteiger partial charge in [-0.25, -0.2) is 22.7 Å². The van der Waals surface area contributed by atoms with Gasteiger partial charge in [0.2, 0.25) is 17.7 Å². The number of carboxylic acids is 3. The third-order valence-electron chi connectivity index (χ3n) is 13.8. The van der Waals surface area contributed by atoms with E-state index in [0.717, 1.165) is 27.2 Å². The van der Waals surface area contributed by atoms with Gasteiger partial charge >= 0.3 is 49.1 Å². The molecule has 0 aliphatic carbocycles. The summed E-state index contributed by atoms with van der Waals surface area (Å²) in [4.78, 5) is 76.1. The van der Waals surface area contributed by atoms with Crippen LogP contribution in [-0.2, 0) is 125 Å². The van der Waals surface area contributed by atoms with E-state index in [-0.39, 0.29) is 0 Å². The van der Waals surface area contributed by atoms with Gasteiger partial charge in [-0.05, 0) is 12.1 Å². The number of hydrogen-bond donors (Lipinski definition) is 19. The highest BCUT2D eigenvalue weighted by Crippen LogP contribution is 2.39. The van der Waals surface area contributed by atoms with Crippen molar-refractivity contribution < 1.29 is 199 Å². The van der Waals surface area contributed by atoms with Crippen molar-refractivity contribution in [1.82, 2.24) is 16.0 Å². The largest absolute Gasteiger partial charge is 0.479 e. The highest BCUT2D eigenvalue weighted by Gasteiger charge is 2.61. The third-order valence-corrected chi connectivity index (χ3v) is 15.2. The number of carbonyl (C=O) groups excluding carboxylic acids is 3. The number of aliphatic hydroxyl groups is 10. The van der Waals surface area contributed by atoms with E-state index in [1.165, 1.54) is 0 Å². The molecule has 0 spiro atoms. The Hall–Kier alpha value is -4.41. The van der Waals surface area contributed by atoms with Gasteiger partial charge in [-0.2, -0.15) is 25.3 Å². The average Bonchev–Trinajstić information content (AvgIpc) is 0.794. The first-order valence-electron chi connectivity index (χ1n) is 25.8. The molecular weight excluding hydrogens is 1310 g/mol. The number of aliphatic hydroxyl groups excluding tert-OH is 10. The van der Waals surface area contributed by atoms with E-state index in [1.807, 2.05) is 0 Å². The van der Waals surface area contributed by atoms with E-state index in [0.29, 0.717) is 0 Å². The first kappa shape index (κ1) is 74.6. The van der Waals surface area contributed by atoms with Crippen LogP contribution in [0.4, 0.5) is 0 Å². The molecule has 0 aromatic carbocycles. The predicted molar refractivity (Wildman–Crippen MR) is 265 cm³/mol. The number of ether oxygens (including phenoxy) is 11. The lowest BCUT2D eigenvalue weighted by Gasteiger charge is -2.51. The summed E-state index contributed by atoms with van der Waals surface area (Å²) in [5.74, 6) is -9.58. The highest BCUT2D eigenvalue weighted by molar-refractivity contribution is 7.81. The Labute approximate surface area is 505 Å². The minimum Gasteiger partial charge on any atom is -0.479 e. The summed E-state index contributed by atoms with van der Waals surface area (Å²) in [7, 11) is -16.9. The molecular formula is C42H64N3O42S3-. The molecule has 3 amide bonds. The molecule has 0 aromatic heterocycles. The van der Waals surface area contributed by atoms with Crippen molar-refractivity contribution in [2.24, 2.45) is 0 Å². The van der Waals surface area contributed by atoms with Crippen LogP contribution in [0.15, 0.2) is 0 Å². The van der Waals surface area contributed by atoms with Crippen LogP contribution in [0.25, 0.3) is 0 Å². The Bertz CT molecular complexity index is 2880. The minimum atomic E-state index is -5.82. The lowest BCUT2D eigenvalue weighted by molar-refractivity contribution is -0.374. The van der Waals surface area contributed by atoms with E-state index in [2.05, 4.69) is 24.3 Å². The molecule has 518 valence electrons. The zero-order chi connectivity index (χ0) is 67.6. The summed E-state index contributed by atoms with van der Waals surface area (Å²) in [5, 5.41) is 146. The Morgan fingerprint density at radius 3 is 1.06 bits per heavy atom. The van der Waals surface area contributed by atoms with E-state index >= 15 is 0 Å². The molecule has 48 heteroatoms. The van der Waals surface area contributed by atoms with Gasteiger partial charge in [0.25, 0.3) is 0 Å². The normalized spacial score (nSPS) is 42.1. The molecule has 6 aliphatic heterocycles. The molecule has 90 heavy (non-hydrogen) atoms. The fourth-order valence-electron chi connectivity index (χ4n) is 10.1. The highest BCUT2D eigenvalue weighted by atomic mass is 32.3. The molecule has 0 saturated carbocycles. The van der Waals surface area contributed by atoms with Crippen LogP contribution >= 0.6 is 0 Å². The van der Waals surface area contributed by atoms with Gasteiger partial charge in [0.05, 0.1) is 25.9 Å². The number of aliphatic carboxylic acids is 3. The van der Waals surface area contributed by atoms with Gasteiger partial charge in [-0.1, -0.05) is 0 Å². The Morgan fingerprint density at radius 1 is 0.400 bits per heavy atom. The second-order valence-electron chi connectivity index (χ2n) is 20.3. The fraction of sp³-hybridized carbons (Fsp3) is 0.833. The van der Waals surface area contributed by atoms with E-state index in [4.69, 9.17) is 56.3 Å². The molecule has 0 unspecified atom stereocenters. The molecule has 6 fully saturated rings. The smallest absolute Gasteiger partial charge is 0.397 e. The van der Waals surface area contributed by atoms with Crippen molar-refractivity contribution in [3.05, 3.63) is 6.42 Å². The Morgan fingerprint density at radius 2 is 0.722 bits per heavy atom. The topological polar surface area (TPSA) is 694 Å². The molecule has 0 bridgehead atoms. The van der Waals surface area contributed by atoms with Crippen LogP contribution in [-0.4, -0.2) is 339 Å². The minimum absolute atomic E-state index is 0.731. The van der Waals surface area contributed by atoms with Crippen molar-refractivity contribution >= 4 is 66.8 Å². The van der Waals surface area contributed by atoms with Crippen LogP contribution in [0, 0.1) is 6.42 Å². The third kappa shape index (κ3) is 18.3. The van der Waals surface area contributed by atoms with E-state index in [9.17, 15) is 134 Å². The summed E-state index contributed by atoms with van der Waals surface area (Å²) in [6.45, 7) is -1.62. The monoisotopic (exact) mass is 1380 g/mol. The maximum absolute atomic E-state index is 13.1. The summed E-state index contributed by atoms with van der Waals surface area (Å²) >= 11 is 0. The van der Waals surface area contributed by atoms with Gasteiger partial charge in [-0.3, -0.25) is 38.6 Å². The molecule has 6 aliphatic rings. The zero-order valence-corrected chi connectivity index (χ0v) is 48.4. The lowest BCUT2D eigenvalue weighted by Crippen LogP contribution is -2.71. The molecule has 19 N–H and O–H groups in total. The van der Waals surface area contributed by atoms with Crippen molar-refractivity contribution in [3.8, 4) is 0 Å².